The summed E-state index contributed by atoms with van der Waals surface area (Å²) in [6, 6.07) is 0. The van der Waals surface area contributed by atoms with E-state index in [-0.39, 0.29) is 0 Å². The summed E-state index contributed by atoms with van der Waals surface area (Å²) in [7, 11) is 3.75. The average Bonchev–Trinajstić information content (AvgIpc) is 1.39. The second-order valence-corrected chi connectivity index (χ2v) is 1.45. The third-order valence-corrected chi connectivity index (χ3v) is 0. The van der Waals surface area contributed by atoms with Crippen LogP contribution in [0.2, 0.25) is 0 Å². The molecule has 0 saturated carbocycles. The Hall–Kier alpha value is 0.310. The fraction of sp³-hybridized carbons (Fsp3) is 1.00. The van der Waals surface area contributed by atoms with Crippen molar-refractivity contribution >= 4 is 12.6 Å². The molecule has 0 aromatic carbocycles. The lowest BCUT2D eigenvalue weighted by molar-refractivity contribution is 1.02. The Morgan fingerprint density at radius 1 is 1.50 bits per heavy atom. The highest BCUT2D eigenvalue weighted by atomic mass is 32.1. The molecule has 0 atom stereocenters. The Labute approximate surface area is 45.5 Å². The molecule has 0 heterocycles. The number of hydrogen-bond donors (Lipinski definition) is 2. The van der Waals surface area contributed by atoms with Crippen LogP contribution < -0.4 is 5.32 Å². The van der Waals surface area contributed by atoms with Crippen molar-refractivity contribution in [3.05, 3.63) is 0 Å². The third-order valence-electron chi connectivity index (χ3n) is 0. The molecule has 0 unspecified atom stereocenters. The summed E-state index contributed by atoms with van der Waals surface area (Å²) in [6.07, 6.45) is 0. The number of nitrogens with one attached hydrogen (secondary N) is 1. The third kappa shape index (κ3) is 491. The van der Waals surface area contributed by atoms with Crippen LogP contribution >= 0.6 is 12.6 Å². The van der Waals surface area contributed by atoms with E-state index >= 15 is 0 Å². The summed E-state index contributed by atoms with van der Waals surface area (Å²) in [5, 5.41) is 2.75. The maximum Gasteiger partial charge on any atom is -0.0126 e. The van der Waals surface area contributed by atoms with Gasteiger partial charge in [-0.15, -0.1) is 0 Å². The highest BCUT2D eigenvalue weighted by Crippen LogP contribution is 1.58. The first-order chi connectivity index (χ1) is 2.83. The van der Waals surface area contributed by atoms with Gasteiger partial charge in [0.1, 0.15) is 0 Å². The van der Waals surface area contributed by atoms with Crippen LogP contribution in [0.5, 0.6) is 0 Å². The van der Waals surface area contributed by atoms with Gasteiger partial charge >= 0.3 is 0 Å². The van der Waals surface area contributed by atoms with Crippen LogP contribution in [0.4, 0.5) is 0 Å². The minimum atomic E-state index is 0.944. The Bertz CT molecular complexity index is 9.51. The SMILES string of the molecule is CCS.CNC. The standard InChI is InChI=1S/C2H7N.C2H6S/c1-3-2;1-2-3/h3H,1-2H3;3H,2H2,1H3. The monoisotopic (exact) mass is 107 g/mol. The maximum absolute atomic E-state index is 3.79. The Morgan fingerprint density at radius 2 is 1.50 bits per heavy atom. The van der Waals surface area contributed by atoms with E-state index < -0.39 is 0 Å². The Balaban J connectivity index is 0. The molecule has 0 spiro atoms. The van der Waals surface area contributed by atoms with E-state index in [2.05, 4.69) is 17.9 Å². The topological polar surface area (TPSA) is 12.0 Å². The van der Waals surface area contributed by atoms with Gasteiger partial charge in [-0.3, -0.25) is 0 Å². The molecule has 1 N–H and O–H groups in total. The fourth-order valence-electron chi connectivity index (χ4n) is 0. The summed E-state index contributed by atoms with van der Waals surface area (Å²) < 4.78 is 0. The number of hydrogen-bond acceptors (Lipinski definition) is 2. The smallest absolute Gasteiger partial charge is 0.0126 e. The molecule has 0 aliphatic heterocycles. The Kier molecular flexibility index (Phi) is 29.5. The van der Waals surface area contributed by atoms with E-state index in [1.165, 1.54) is 0 Å². The van der Waals surface area contributed by atoms with Gasteiger partial charge in [0.15, 0.2) is 0 Å². The van der Waals surface area contributed by atoms with Crippen molar-refractivity contribution in [1.29, 1.82) is 0 Å². The molecule has 0 aliphatic rings. The molecule has 2 heteroatoms. The van der Waals surface area contributed by atoms with Crippen LogP contribution in [0.25, 0.3) is 0 Å². The van der Waals surface area contributed by atoms with Crippen molar-refractivity contribution in [2.45, 2.75) is 6.92 Å². The molecule has 0 aliphatic carbocycles. The van der Waals surface area contributed by atoms with Crippen molar-refractivity contribution in [3.8, 4) is 0 Å². The van der Waals surface area contributed by atoms with Gasteiger partial charge in [-0.2, -0.15) is 12.6 Å². The first-order valence-corrected chi connectivity index (χ1v) is 2.66. The van der Waals surface area contributed by atoms with E-state index in [4.69, 9.17) is 0 Å². The predicted molar refractivity (Wildman–Crippen MR) is 34.5 cm³/mol. The van der Waals surface area contributed by atoms with Gasteiger partial charge in [-0.1, -0.05) is 6.92 Å². The molecular formula is C4H13NS. The highest BCUT2D eigenvalue weighted by molar-refractivity contribution is 7.80. The molecular weight excluding hydrogens is 94.1 g/mol. The zero-order valence-electron chi connectivity index (χ0n) is 4.65. The number of rotatable bonds is 0. The van der Waals surface area contributed by atoms with Gasteiger partial charge in [0, 0.05) is 0 Å². The summed E-state index contributed by atoms with van der Waals surface area (Å²) in [6.45, 7) is 1.99. The Morgan fingerprint density at radius 3 is 1.50 bits per heavy atom. The van der Waals surface area contributed by atoms with Crippen LogP contribution in [0.1, 0.15) is 6.92 Å². The molecule has 6 heavy (non-hydrogen) atoms. The van der Waals surface area contributed by atoms with Crippen LogP contribution in [-0.2, 0) is 0 Å². The van der Waals surface area contributed by atoms with Gasteiger partial charge in [0.2, 0.25) is 0 Å². The van der Waals surface area contributed by atoms with E-state index in [0.29, 0.717) is 0 Å². The summed E-state index contributed by atoms with van der Waals surface area (Å²) >= 11 is 3.79. The minimum Gasteiger partial charge on any atom is -0.323 e. The van der Waals surface area contributed by atoms with E-state index in [1.807, 2.05) is 21.0 Å². The van der Waals surface area contributed by atoms with Crippen LogP contribution in [-0.4, -0.2) is 19.8 Å². The summed E-state index contributed by atoms with van der Waals surface area (Å²) in [5.41, 5.74) is 0. The van der Waals surface area contributed by atoms with Gasteiger partial charge < -0.3 is 5.32 Å². The molecule has 0 fully saturated rings. The lowest BCUT2D eigenvalue weighted by Gasteiger charge is -1.59. The quantitative estimate of drug-likeness (QED) is 0.436. The van der Waals surface area contributed by atoms with Crippen molar-refractivity contribution in [3.63, 3.8) is 0 Å². The van der Waals surface area contributed by atoms with Gasteiger partial charge in [-0.05, 0) is 19.8 Å². The second kappa shape index (κ2) is 18.5. The van der Waals surface area contributed by atoms with Gasteiger partial charge in [0.25, 0.3) is 0 Å². The molecule has 0 aromatic rings. The van der Waals surface area contributed by atoms with Crippen molar-refractivity contribution in [1.82, 2.24) is 5.32 Å². The summed E-state index contributed by atoms with van der Waals surface area (Å²) in [4.78, 5) is 0. The number of thiol groups is 1. The fourth-order valence-corrected chi connectivity index (χ4v) is 0. The van der Waals surface area contributed by atoms with Gasteiger partial charge in [0.05, 0.1) is 0 Å². The van der Waals surface area contributed by atoms with E-state index in [1.54, 1.807) is 0 Å². The van der Waals surface area contributed by atoms with Gasteiger partial charge in [-0.25, -0.2) is 0 Å². The molecule has 0 amide bonds. The predicted octanol–water partition coefficient (Wildman–Crippen LogP) is 0.772. The molecule has 0 aromatic heterocycles. The lowest BCUT2D eigenvalue weighted by Crippen LogP contribution is -1.89. The molecule has 0 rings (SSSR count). The largest absolute Gasteiger partial charge is 0.323 e. The zero-order valence-corrected chi connectivity index (χ0v) is 5.55. The van der Waals surface area contributed by atoms with Crippen molar-refractivity contribution in [2.24, 2.45) is 0 Å². The second-order valence-electron chi connectivity index (χ2n) is 0.816. The van der Waals surface area contributed by atoms with Crippen molar-refractivity contribution < 1.29 is 0 Å². The first-order valence-electron chi connectivity index (χ1n) is 2.02. The van der Waals surface area contributed by atoms with Crippen LogP contribution in [0.3, 0.4) is 0 Å². The van der Waals surface area contributed by atoms with Crippen LogP contribution in [0.15, 0.2) is 0 Å². The lowest BCUT2D eigenvalue weighted by atomic mass is 11.0. The summed E-state index contributed by atoms with van der Waals surface area (Å²) in [5.74, 6) is 0.944. The molecule has 1 nitrogen and oxygen atoms in total. The maximum atomic E-state index is 3.79. The molecule has 0 saturated heterocycles. The highest BCUT2D eigenvalue weighted by Gasteiger charge is 1.35. The average molecular weight is 107 g/mol. The molecule has 0 radical (unpaired) electrons. The molecule has 0 bridgehead atoms. The van der Waals surface area contributed by atoms with E-state index in [9.17, 15) is 0 Å². The zero-order chi connectivity index (χ0) is 5.41. The van der Waals surface area contributed by atoms with Crippen LogP contribution in [0, 0.1) is 0 Å². The molecule has 40 valence electrons. The minimum absolute atomic E-state index is 0.944. The normalized spacial score (nSPS) is 6.00. The van der Waals surface area contributed by atoms with Crippen molar-refractivity contribution in [2.75, 3.05) is 19.8 Å². The first kappa shape index (κ1) is 9.58. The van der Waals surface area contributed by atoms with E-state index in [0.717, 1.165) is 5.75 Å².